The zero-order valence-electron chi connectivity index (χ0n) is 15.1. The molecule has 9 nitrogen and oxygen atoms in total. The van der Waals surface area contributed by atoms with E-state index in [2.05, 4.69) is 20.4 Å². The molecular weight excluding hydrogens is 374 g/mol. The van der Waals surface area contributed by atoms with Gasteiger partial charge in [0.1, 0.15) is 0 Å². The van der Waals surface area contributed by atoms with Gasteiger partial charge in [0.2, 0.25) is 12.7 Å². The summed E-state index contributed by atoms with van der Waals surface area (Å²) < 4.78 is 17.6. The molecule has 1 aromatic carbocycles. The lowest BCUT2D eigenvalue weighted by atomic mass is 10.2. The van der Waals surface area contributed by atoms with Crippen molar-refractivity contribution >= 4 is 11.6 Å². The lowest BCUT2D eigenvalue weighted by molar-refractivity contribution is -0.115. The van der Waals surface area contributed by atoms with Crippen LogP contribution < -0.4 is 14.8 Å². The molecule has 0 fully saturated rings. The third-order valence-electron chi connectivity index (χ3n) is 4.24. The van der Waals surface area contributed by atoms with Crippen LogP contribution in [0.5, 0.6) is 11.5 Å². The number of aromatic nitrogens is 4. The predicted octanol–water partition coefficient (Wildman–Crippen LogP) is 2.83. The van der Waals surface area contributed by atoms with Crippen LogP contribution in [-0.2, 0) is 11.2 Å². The van der Waals surface area contributed by atoms with Gasteiger partial charge in [0.05, 0.1) is 18.4 Å². The Hall–Kier alpha value is -4.14. The van der Waals surface area contributed by atoms with Gasteiger partial charge in [-0.25, -0.2) is 14.6 Å². The first-order chi connectivity index (χ1) is 14.2. The summed E-state index contributed by atoms with van der Waals surface area (Å²) in [5.74, 6) is 2.48. The average Bonchev–Trinajstić information content (AvgIpc) is 3.49. The Morgan fingerprint density at radius 3 is 2.86 bits per heavy atom. The minimum absolute atomic E-state index is 0.0545. The van der Waals surface area contributed by atoms with Crippen molar-refractivity contribution in [1.82, 2.24) is 19.7 Å². The van der Waals surface area contributed by atoms with Crippen LogP contribution in [0, 0.1) is 0 Å². The first kappa shape index (κ1) is 17.0. The molecule has 0 saturated heterocycles. The van der Waals surface area contributed by atoms with Gasteiger partial charge in [0.25, 0.3) is 0 Å². The molecule has 0 radical (unpaired) electrons. The summed E-state index contributed by atoms with van der Waals surface area (Å²) in [5.41, 5.74) is 1.15. The van der Waals surface area contributed by atoms with E-state index in [9.17, 15) is 4.79 Å². The highest BCUT2D eigenvalue weighted by atomic mass is 16.7. The van der Waals surface area contributed by atoms with Crippen LogP contribution in [0.15, 0.2) is 65.5 Å². The number of anilines is 1. The normalized spacial score (nSPS) is 12.1. The molecule has 1 N–H and O–H groups in total. The molecule has 1 amide bonds. The van der Waals surface area contributed by atoms with Crippen molar-refractivity contribution in [3.63, 3.8) is 0 Å². The highest BCUT2D eigenvalue weighted by Crippen LogP contribution is 2.34. The first-order valence-corrected chi connectivity index (χ1v) is 8.86. The molecular formula is C20H15N5O4. The van der Waals surface area contributed by atoms with Crippen LogP contribution in [0.25, 0.3) is 17.4 Å². The summed E-state index contributed by atoms with van der Waals surface area (Å²) >= 11 is 0. The van der Waals surface area contributed by atoms with Crippen molar-refractivity contribution in [2.75, 3.05) is 12.1 Å². The van der Waals surface area contributed by atoms with E-state index in [-0.39, 0.29) is 19.1 Å². The largest absolute Gasteiger partial charge is 0.461 e. The Morgan fingerprint density at radius 2 is 2.03 bits per heavy atom. The second-order valence-corrected chi connectivity index (χ2v) is 6.26. The Kier molecular flexibility index (Phi) is 4.17. The topological polar surface area (TPSA) is 104 Å². The fourth-order valence-corrected chi connectivity index (χ4v) is 2.96. The molecule has 1 aliphatic heterocycles. The fraction of sp³-hybridized carbons (Fsp3) is 0.100. The number of hydrogen-bond acceptors (Lipinski definition) is 7. The Balaban J connectivity index is 1.40. The van der Waals surface area contributed by atoms with Crippen molar-refractivity contribution in [2.45, 2.75) is 6.42 Å². The van der Waals surface area contributed by atoms with Gasteiger partial charge in [-0.2, -0.15) is 5.10 Å². The molecule has 0 aliphatic carbocycles. The molecule has 1 aliphatic rings. The molecule has 144 valence electrons. The molecule has 0 unspecified atom stereocenters. The monoisotopic (exact) mass is 389 g/mol. The molecule has 29 heavy (non-hydrogen) atoms. The van der Waals surface area contributed by atoms with Gasteiger partial charge >= 0.3 is 0 Å². The second-order valence-electron chi connectivity index (χ2n) is 6.26. The summed E-state index contributed by atoms with van der Waals surface area (Å²) in [7, 11) is 0. The van der Waals surface area contributed by atoms with Crippen LogP contribution in [0.2, 0.25) is 0 Å². The number of furan rings is 1. The quantitative estimate of drug-likeness (QED) is 0.560. The smallest absolute Gasteiger partial charge is 0.231 e. The standard InChI is InChI=1S/C20H15N5O4/c26-19(22-13-4-5-15-17(9-13)29-12-28-15)11-14-10-18(25-7-2-6-21-25)24-20(23-14)16-3-1-8-27-16/h1-10H,11-12H2,(H,22,26). The molecule has 0 saturated carbocycles. The Morgan fingerprint density at radius 1 is 1.10 bits per heavy atom. The number of fused-ring (bicyclic) bond motifs is 1. The van der Waals surface area contributed by atoms with Gasteiger partial charge in [0, 0.05) is 30.2 Å². The highest BCUT2D eigenvalue weighted by molar-refractivity contribution is 5.92. The number of carbonyl (C=O) groups is 1. The fourth-order valence-electron chi connectivity index (χ4n) is 2.96. The molecule has 4 heterocycles. The maximum Gasteiger partial charge on any atom is 0.231 e. The highest BCUT2D eigenvalue weighted by Gasteiger charge is 2.16. The summed E-state index contributed by atoms with van der Waals surface area (Å²) in [6.07, 6.45) is 5.02. The maximum absolute atomic E-state index is 12.6. The van der Waals surface area contributed by atoms with Gasteiger partial charge in [-0.15, -0.1) is 0 Å². The average molecular weight is 389 g/mol. The summed E-state index contributed by atoms with van der Waals surface area (Å²) in [5, 5.41) is 7.05. The van der Waals surface area contributed by atoms with E-state index in [0.29, 0.717) is 40.3 Å². The number of rotatable bonds is 5. The summed E-state index contributed by atoms with van der Waals surface area (Å²) in [6, 6.07) is 12.3. The molecule has 3 aromatic heterocycles. The SMILES string of the molecule is O=C(Cc1cc(-n2cccn2)nc(-c2ccco2)n1)Nc1ccc2c(c1)OCO2. The van der Waals surface area contributed by atoms with Crippen LogP contribution in [0.3, 0.4) is 0 Å². The number of benzene rings is 1. The number of carbonyl (C=O) groups excluding carboxylic acids is 1. The number of amides is 1. The van der Waals surface area contributed by atoms with Gasteiger partial charge in [-0.1, -0.05) is 0 Å². The molecule has 9 heteroatoms. The van der Waals surface area contributed by atoms with E-state index in [1.165, 1.54) is 0 Å². The lowest BCUT2D eigenvalue weighted by Gasteiger charge is -2.08. The number of nitrogens with one attached hydrogen (secondary N) is 1. The van der Waals surface area contributed by atoms with E-state index in [0.717, 1.165) is 0 Å². The van der Waals surface area contributed by atoms with Crippen molar-refractivity contribution < 1.29 is 18.7 Å². The Labute approximate surface area is 164 Å². The van der Waals surface area contributed by atoms with Crippen LogP contribution in [0.4, 0.5) is 5.69 Å². The molecule has 4 aromatic rings. The Bertz CT molecular complexity index is 1100. The van der Waals surface area contributed by atoms with E-state index < -0.39 is 0 Å². The molecule has 5 rings (SSSR count). The van der Waals surface area contributed by atoms with E-state index >= 15 is 0 Å². The van der Waals surface area contributed by atoms with Crippen molar-refractivity contribution in [2.24, 2.45) is 0 Å². The third kappa shape index (κ3) is 3.53. The lowest BCUT2D eigenvalue weighted by Crippen LogP contribution is -2.16. The second kappa shape index (κ2) is 7.12. The van der Waals surface area contributed by atoms with E-state index in [1.54, 1.807) is 65.8 Å². The summed E-state index contributed by atoms with van der Waals surface area (Å²) in [6.45, 7) is 0.180. The number of ether oxygens (including phenoxy) is 2. The van der Waals surface area contributed by atoms with Crippen LogP contribution in [-0.4, -0.2) is 32.4 Å². The summed E-state index contributed by atoms with van der Waals surface area (Å²) in [4.78, 5) is 21.5. The zero-order valence-corrected chi connectivity index (χ0v) is 15.1. The zero-order chi connectivity index (χ0) is 19.6. The van der Waals surface area contributed by atoms with Crippen LogP contribution in [0.1, 0.15) is 5.69 Å². The molecule has 0 atom stereocenters. The van der Waals surface area contributed by atoms with E-state index in [1.807, 2.05) is 0 Å². The maximum atomic E-state index is 12.6. The molecule has 0 spiro atoms. The third-order valence-corrected chi connectivity index (χ3v) is 4.24. The number of nitrogens with zero attached hydrogens (tertiary/aromatic N) is 4. The van der Waals surface area contributed by atoms with Gasteiger partial charge in [-0.3, -0.25) is 4.79 Å². The van der Waals surface area contributed by atoms with E-state index in [4.69, 9.17) is 13.9 Å². The van der Waals surface area contributed by atoms with Gasteiger partial charge < -0.3 is 19.2 Å². The number of hydrogen-bond donors (Lipinski definition) is 1. The van der Waals surface area contributed by atoms with Gasteiger partial charge in [-0.05, 0) is 30.3 Å². The first-order valence-electron chi connectivity index (χ1n) is 8.86. The minimum Gasteiger partial charge on any atom is -0.461 e. The van der Waals surface area contributed by atoms with Crippen molar-refractivity contribution in [1.29, 1.82) is 0 Å². The predicted molar refractivity (Wildman–Crippen MR) is 102 cm³/mol. The minimum atomic E-state index is -0.223. The van der Waals surface area contributed by atoms with Crippen molar-refractivity contribution in [3.05, 3.63) is 66.8 Å². The molecule has 0 bridgehead atoms. The van der Waals surface area contributed by atoms with Crippen LogP contribution >= 0.6 is 0 Å². The van der Waals surface area contributed by atoms with Crippen molar-refractivity contribution in [3.8, 4) is 28.9 Å². The van der Waals surface area contributed by atoms with Gasteiger partial charge in [0.15, 0.2) is 28.9 Å².